The maximum atomic E-state index is 11.3. The van der Waals surface area contributed by atoms with Crippen LogP contribution in [0.5, 0.6) is 0 Å². The lowest BCUT2D eigenvalue weighted by molar-refractivity contribution is -0.155. The highest BCUT2D eigenvalue weighted by atomic mass is 16.5. The van der Waals surface area contributed by atoms with Gasteiger partial charge in [0.05, 0.1) is 6.10 Å². The summed E-state index contributed by atoms with van der Waals surface area (Å²) >= 11 is 0. The third-order valence-corrected chi connectivity index (χ3v) is 4.11. The summed E-state index contributed by atoms with van der Waals surface area (Å²) in [7, 11) is 0. The highest BCUT2D eigenvalue weighted by Gasteiger charge is 2.24. The Morgan fingerprint density at radius 1 is 0.840 bits per heavy atom. The maximum absolute atomic E-state index is 11.3. The summed E-state index contributed by atoms with van der Waals surface area (Å²) in [4.78, 5) is 32.8. The van der Waals surface area contributed by atoms with Crippen LogP contribution in [0, 0.1) is 5.92 Å². The van der Waals surface area contributed by atoms with Crippen molar-refractivity contribution < 1.29 is 29.3 Å². The van der Waals surface area contributed by atoms with Gasteiger partial charge in [0.1, 0.15) is 0 Å². The summed E-state index contributed by atoms with van der Waals surface area (Å²) in [5, 5.41) is 17.5. The van der Waals surface area contributed by atoms with Crippen LogP contribution in [0.25, 0.3) is 0 Å². The number of unbranched alkanes of at least 4 members (excludes halogenated alkanes) is 7. The smallest absolute Gasteiger partial charge is 0.333 e. The van der Waals surface area contributed by atoms with Gasteiger partial charge in [-0.2, -0.15) is 0 Å². The Morgan fingerprint density at radius 2 is 1.24 bits per heavy atom. The van der Waals surface area contributed by atoms with Gasteiger partial charge >= 0.3 is 17.9 Å². The van der Waals surface area contributed by atoms with Crippen molar-refractivity contribution in [1.29, 1.82) is 0 Å². The summed E-state index contributed by atoms with van der Waals surface area (Å²) in [6.07, 6.45) is 8.88. The second-order valence-electron chi connectivity index (χ2n) is 6.63. The lowest BCUT2D eigenvalue weighted by Gasteiger charge is -2.12. The topological polar surface area (TPSA) is 101 Å². The Kier molecular flexibility index (Phi) is 12.4. The Balaban J connectivity index is 3.50. The van der Waals surface area contributed by atoms with E-state index in [1.54, 1.807) is 6.92 Å². The predicted octanol–water partition coefficient (Wildman–Crippen LogP) is 4.18. The third kappa shape index (κ3) is 12.2. The van der Waals surface area contributed by atoms with E-state index in [4.69, 9.17) is 14.9 Å². The van der Waals surface area contributed by atoms with Crippen molar-refractivity contribution in [3.63, 3.8) is 0 Å². The summed E-state index contributed by atoms with van der Waals surface area (Å²) in [6, 6.07) is 0. The van der Waals surface area contributed by atoms with Crippen LogP contribution >= 0.6 is 0 Å². The molecule has 144 valence electrons. The highest BCUT2D eigenvalue weighted by molar-refractivity contribution is 5.92. The van der Waals surface area contributed by atoms with Gasteiger partial charge in [-0.05, 0) is 33.1 Å². The number of carboxylic acids is 2. The van der Waals surface area contributed by atoms with Crippen molar-refractivity contribution in [2.24, 2.45) is 5.92 Å². The summed E-state index contributed by atoms with van der Waals surface area (Å²) in [6.45, 7) is 7.08. The molecule has 0 aromatic heterocycles. The first-order valence-electron chi connectivity index (χ1n) is 9.07. The van der Waals surface area contributed by atoms with Gasteiger partial charge in [0.15, 0.2) is 5.92 Å². The SMILES string of the molecule is C=C(C)C(=O)OC(C)CCCCCCCCCCC(C(=O)O)C(=O)O. The molecule has 25 heavy (non-hydrogen) atoms. The van der Waals surface area contributed by atoms with Crippen molar-refractivity contribution in [3.05, 3.63) is 12.2 Å². The number of carbonyl (C=O) groups is 3. The van der Waals surface area contributed by atoms with Crippen molar-refractivity contribution in [3.8, 4) is 0 Å². The van der Waals surface area contributed by atoms with E-state index >= 15 is 0 Å². The molecule has 0 saturated carbocycles. The zero-order chi connectivity index (χ0) is 19.2. The average molecular weight is 356 g/mol. The van der Waals surface area contributed by atoms with Crippen LogP contribution in [0.2, 0.25) is 0 Å². The Hall–Kier alpha value is -1.85. The summed E-state index contributed by atoms with van der Waals surface area (Å²) < 4.78 is 5.21. The lowest BCUT2D eigenvalue weighted by Crippen LogP contribution is -2.23. The Labute approximate surface area is 150 Å². The van der Waals surface area contributed by atoms with Crippen molar-refractivity contribution in [2.75, 3.05) is 0 Å². The van der Waals surface area contributed by atoms with Crippen LogP contribution in [-0.2, 0) is 19.1 Å². The van der Waals surface area contributed by atoms with Gasteiger partial charge in [-0.3, -0.25) is 9.59 Å². The van der Waals surface area contributed by atoms with E-state index in [2.05, 4.69) is 6.58 Å². The van der Waals surface area contributed by atoms with Crippen molar-refractivity contribution in [1.82, 2.24) is 0 Å². The first kappa shape index (κ1) is 23.1. The normalized spacial score (nSPS) is 12.0. The molecule has 0 rings (SSSR count). The molecule has 0 amide bonds. The predicted molar refractivity (Wildman–Crippen MR) is 95.3 cm³/mol. The number of hydrogen-bond acceptors (Lipinski definition) is 4. The van der Waals surface area contributed by atoms with Crippen LogP contribution in [0.3, 0.4) is 0 Å². The van der Waals surface area contributed by atoms with Crippen LogP contribution < -0.4 is 0 Å². The Bertz CT molecular complexity index is 429. The number of ether oxygens (including phenoxy) is 1. The van der Waals surface area contributed by atoms with Crippen molar-refractivity contribution in [2.45, 2.75) is 84.2 Å². The standard InChI is InChI=1S/C19H32O6/c1-14(2)19(24)25-15(3)12-10-8-6-4-5-7-9-11-13-16(17(20)21)18(22)23/h15-16H,1,4-13H2,2-3H3,(H,20,21)(H,22,23). The lowest BCUT2D eigenvalue weighted by atomic mass is 10.00. The molecule has 6 heteroatoms. The molecular formula is C19H32O6. The van der Waals surface area contributed by atoms with E-state index in [1.165, 1.54) is 0 Å². The molecule has 0 aromatic carbocycles. The largest absolute Gasteiger partial charge is 0.481 e. The fourth-order valence-electron chi connectivity index (χ4n) is 2.54. The molecule has 0 spiro atoms. The monoisotopic (exact) mass is 356 g/mol. The number of carbonyl (C=O) groups excluding carboxylic acids is 1. The molecule has 0 aliphatic rings. The van der Waals surface area contributed by atoms with Crippen LogP contribution in [0.4, 0.5) is 0 Å². The first-order valence-corrected chi connectivity index (χ1v) is 9.07. The van der Waals surface area contributed by atoms with Crippen LogP contribution in [-0.4, -0.2) is 34.2 Å². The average Bonchev–Trinajstić information content (AvgIpc) is 2.51. The summed E-state index contributed by atoms with van der Waals surface area (Å²) in [5.41, 5.74) is 0.421. The quantitative estimate of drug-likeness (QED) is 0.197. The van der Waals surface area contributed by atoms with E-state index in [9.17, 15) is 14.4 Å². The third-order valence-electron chi connectivity index (χ3n) is 4.11. The number of esters is 1. The van der Waals surface area contributed by atoms with Gasteiger partial charge in [-0.25, -0.2) is 4.79 Å². The van der Waals surface area contributed by atoms with Crippen LogP contribution in [0.1, 0.15) is 78.1 Å². The van der Waals surface area contributed by atoms with Crippen LogP contribution in [0.15, 0.2) is 12.2 Å². The zero-order valence-electron chi connectivity index (χ0n) is 15.5. The minimum absolute atomic E-state index is 0.0828. The van der Waals surface area contributed by atoms with Gasteiger partial charge in [-0.1, -0.05) is 51.5 Å². The minimum Gasteiger partial charge on any atom is -0.481 e. The van der Waals surface area contributed by atoms with E-state index < -0.39 is 17.9 Å². The number of hydrogen-bond donors (Lipinski definition) is 2. The molecule has 0 heterocycles. The molecule has 0 bridgehead atoms. The zero-order valence-corrected chi connectivity index (χ0v) is 15.5. The van der Waals surface area contributed by atoms with Gasteiger partial charge in [-0.15, -0.1) is 0 Å². The van der Waals surface area contributed by atoms with Crippen molar-refractivity contribution >= 4 is 17.9 Å². The number of carboxylic acid groups (broad SMARTS) is 2. The molecule has 1 atom stereocenters. The molecule has 0 aliphatic heterocycles. The minimum atomic E-state index is -1.28. The van der Waals surface area contributed by atoms with E-state index in [0.717, 1.165) is 51.4 Å². The second-order valence-corrected chi connectivity index (χ2v) is 6.63. The van der Waals surface area contributed by atoms with Gasteiger partial charge in [0, 0.05) is 5.57 Å². The molecule has 6 nitrogen and oxygen atoms in total. The molecule has 2 N–H and O–H groups in total. The fourth-order valence-corrected chi connectivity index (χ4v) is 2.54. The van der Waals surface area contributed by atoms with Gasteiger partial charge < -0.3 is 14.9 Å². The van der Waals surface area contributed by atoms with E-state index in [0.29, 0.717) is 12.0 Å². The fraction of sp³-hybridized carbons (Fsp3) is 0.737. The molecule has 0 aromatic rings. The number of rotatable bonds is 15. The first-order chi connectivity index (χ1) is 11.8. The highest BCUT2D eigenvalue weighted by Crippen LogP contribution is 2.15. The summed E-state index contributed by atoms with van der Waals surface area (Å²) in [5.74, 6) is -4.12. The molecule has 0 aliphatic carbocycles. The maximum Gasteiger partial charge on any atom is 0.333 e. The molecule has 0 saturated heterocycles. The van der Waals surface area contributed by atoms with E-state index in [1.807, 2.05) is 6.92 Å². The molecule has 0 fully saturated rings. The van der Waals surface area contributed by atoms with Gasteiger partial charge in [0.25, 0.3) is 0 Å². The van der Waals surface area contributed by atoms with Gasteiger partial charge in [0.2, 0.25) is 0 Å². The molecule has 0 radical (unpaired) electrons. The Morgan fingerprint density at radius 3 is 1.64 bits per heavy atom. The molecule has 1 unspecified atom stereocenters. The van der Waals surface area contributed by atoms with E-state index in [-0.39, 0.29) is 18.5 Å². The molecular weight excluding hydrogens is 324 g/mol. The second kappa shape index (κ2) is 13.4. The number of aliphatic carboxylic acids is 2.